The maximum absolute atomic E-state index is 9.25. The van der Waals surface area contributed by atoms with Gasteiger partial charge in [-0.05, 0) is 82.0 Å². The minimum Gasteiger partial charge on any atom is -0.478 e. The molecule has 0 amide bonds. The zero-order valence-corrected chi connectivity index (χ0v) is 19.6. The number of unbranched alkanes of at least 4 members (excludes halogenated alkanes) is 1. The first-order valence-corrected chi connectivity index (χ1v) is 11.4. The summed E-state index contributed by atoms with van der Waals surface area (Å²) in [4.78, 5) is 20.1. The first-order chi connectivity index (χ1) is 14.8. The molecule has 1 saturated heterocycles. The van der Waals surface area contributed by atoms with Gasteiger partial charge in [-0.25, -0.2) is 9.78 Å². The average molecular weight is 446 g/mol. The fourth-order valence-corrected chi connectivity index (χ4v) is 3.87. The Hall–Kier alpha value is -2.45. The molecule has 0 bridgehead atoms. The van der Waals surface area contributed by atoms with E-state index in [0.29, 0.717) is 17.1 Å². The topological polar surface area (TPSA) is 93.3 Å². The number of aromatic nitrogens is 2. The molecular weight excluding hydrogens is 410 g/mol. The summed E-state index contributed by atoms with van der Waals surface area (Å²) in [5, 5.41) is 14.7. The van der Waals surface area contributed by atoms with Gasteiger partial charge in [0.25, 0.3) is 0 Å². The minimum absolute atomic E-state index is 0.580. The maximum atomic E-state index is 9.25. The van der Waals surface area contributed by atoms with Crippen LogP contribution in [-0.4, -0.2) is 56.7 Å². The Morgan fingerprint density at radius 2 is 2.10 bits per heavy atom. The second-order valence-electron chi connectivity index (χ2n) is 8.02. The zero-order valence-electron chi connectivity index (χ0n) is 18.8. The van der Waals surface area contributed by atoms with Crippen LogP contribution < -0.4 is 10.6 Å². The Morgan fingerprint density at radius 1 is 1.42 bits per heavy atom. The summed E-state index contributed by atoms with van der Waals surface area (Å²) in [6, 6.07) is 4.71. The molecule has 0 saturated carbocycles. The first-order valence-electron chi connectivity index (χ1n) is 11.0. The lowest BCUT2D eigenvalue weighted by Gasteiger charge is -2.34. The van der Waals surface area contributed by atoms with Crippen LogP contribution in [0.4, 0.5) is 5.82 Å². The number of likely N-dealkylation sites (tertiary alicyclic amines) is 1. The number of carbonyl (C=O) groups is 1. The number of pyridine rings is 1. The molecular formula is C23H35N5O2S. The zero-order chi connectivity index (χ0) is 22.8. The third-order valence-electron chi connectivity index (χ3n) is 5.48. The number of nitrogens with zero attached hydrogens (tertiary/aromatic N) is 2. The molecule has 1 aliphatic heterocycles. The predicted octanol–water partition coefficient (Wildman–Crippen LogP) is 4.49. The van der Waals surface area contributed by atoms with Crippen molar-refractivity contribution in [1.82, 2.24) is 20.2 Å². The van der Waals surface area contributed by atoms with Crippen LogP contribution in [0.1, 0.15) is 57.9 Å². The van der Waals surface area contributed by atoms with Gasteiger partial charge in [0.15, 0.2) is 5.11 Å². The van der Waals surface area contributed by atoms with Crippen LogP contribution >= 0.6 is 12.2 Å². The minimum atomic E-state index is -0.981. The molecule has 7 nitrogen and oxygen atoms in total. The van der Waals surface area contributed by atoms with Crippen LogP contribution in [0.25, 0.3) is 11.0 Å². The van der Waals surface area contributed by atoms with Crippen molar-refractivity contribution in [1.29, 1.82) is 0 Å². The van der Waals surface area contributed by atoms with Crippen molar-refractivity contribution in [2.45, 2.75) is 58.4 Å². The van der Waals surface area contributed by atoms with Gasteiger partial charge >= 0.3 is 5.97 Å². The highest BCUT2D eigenvalue weighted by atomic mass is 32.1. The van der Waals surface area contributed by atoms with E-state index in [2.05, 4.69) is 60.1 Å². The summed E-state index contributed by atoms with van der Waals surface area (Å²) in [5.74, 6) is 0.410. The summed E-state index contributed by atoms with van der Waals surface area (Å²) < 4.78 is 0. The lowest BCUT2D eigenvalue weighted by atomic mass is 9.90. The van der Waals surface area contributed by atoms with Gasteiger partial charge < -0.3 is 25.6 Å². The van der Waals surface area contributed by atoms with E-state index in [1.54, 1.807) is 0 Å². The van der Waals surface area contributed by atoms with Crippen molar-refractivity contribution in [3.63, 3.8) is 0 Å². The molecule has 170 valence electrons. The van der Waals surface area contributed by atoms with Gasteiger partial charge in [0.2, 0.25) is 0 Å². The molecule has 0 atom stereocenters. The summed E-state index contributed by atoms with van der Waals surface area (Å²) in [6.07, 6.45) is 7.64. The van der Waals surface area contributed by atoms with Gasteiger partial charge in [-0.1, -0.05) is 19.9 Å². The summed E-state index contributed by atoms with van der Waals surface area (Å²) in [7, 11) is 0. The highest BCUT2D eigenvalue weighted by Crippen LogP contribution is 2.33. The molecule has 1 fully saturated rings. The third-order valence-corrected chi connectivity index (χ3v) is 5.73. The predicted molar refractivity (Wildman–Crippen MR) is 132 cm³/mol. The van der Waals surface area contributed by atoms with Crippen molar-refractivity contribution in [3.8, 4) is 0 Å². The fourth-order valence-electron chi connectivity index (χ4n) is 3.67. The monoisotopic (exact) mass is 445 g/mol. The van der Waals surface area contributed by atoms with Gasteiger partial charge in [-0.15, -0.1) is 0 Å². The van der Waals surface area contributed by atoms with E-state index >= 15 is 0 Å². The number of anilines is 1. The maximum Gasteiger partial charge on any atom is 0.327 e. The van der Waals surface area contributed by atoms with Crippen LogP contribution in [0.5, 0.6) is 0 Å². The van der Waals surface area contributed by atoms with E-state index in [4.69, 9.17) is 22.3 Å². The molecule has 2 aromatic heterocycles. The lowest BCUT2D eigenvalue weighted by Crippen LogP contribution is -2.37. The Morgan fingerprint density at radius 3 is 2.68 bits per heavy atom. The Labute approximate surface area is 190 Å². The molecule has 31 heavy (non-hydrogen) atoms. The standard InChI is InChI=1S/C20H31N5S.C3H4O2/c1-4-5-10-21-20(26)24-18-7-6-17-19(23-18)16(13-22-17)15-8-11-25(12-9-15)14(2)3;1-2-3(4)5/h6-7,13-15,22H,4-5,8-12H2,1-3H3,(H2,21,23,24,26);2H,1H2,(H,4,5). The number of hydrogen-bond acceptors (Lipinski definition) is 4. The summed E-state index contributed by atoms with van der Waals surface area (Å²) in [5.41, 5.74) is 3.52. The van der Waals surface area contributed by atoms with Gasteiger partial charge in [-0.3, -0.25) is 0 Å². The number of piperidine rings is 1. The van der Waals surface area contributed by atoms with Gasteiger partial charge in [0.05, 0.1) is 11.0 Å². The molecule has 3 rings (SSSR count). The first kappa shape index (κ1) is 24.8. The van der Waals surface area contributed by atoms with E-state index in [1.165, 1.54) is 31.5 Å². The van der Waals surface area contributed by atoms with Crippen molar-refractivity contribution >= 4 is 40.2 Å². The van der Waals surface area contributed by atoms with Crippen LogP contribution in [0, 0.1) is 0 Å². The SMILES string of the molecule is C=CC(=O)O.CCCCNC(=S)Nc1ccc2[nH]cc(C3CCN(C(C)C)CC3)c2n1. The highest BCUT2D eigenvalue weighted by molar-refractivity contribution is 7.80. The van der Waals surface area contributed by atoms with Gasteiger partial charge in [0, 0.05) is 24.9 Å². The number of nitrogens with one attached hydrogen (secondary N) is 3. The van der Waals surface area contributed by atoms with E-state index in [1.807, 2.05) is 6.07 Å². The van der Waals surface area contributed by atoms with Crippen LogP contribution in [-0.2, 0) is 4.79 Å². The van der Waals surface area contributed by atoms with Crippen LogP contribution in [0.15, 0.2) is 31.0 Å². The summed E-state index contributed by atoms with van der Waals surface area (Å²) >= 11 is 5.37. The third kappa shape index (κ3) is 7.63. The molecule has 1 aliphatic rings. The lowest BCUT2D eigenvalue weighted by molar-refractivity contribution is -0.131. The Bertz CT molecular complexity index is 872. The number of carboxylic acids is 1. The highest BCUT2D eigenvalue weighted by Gasteiger charge is 2.24. The Kier molecular flexibility index (Phi) is 9.94. The molecule has 0 aliphatic carbocycles. The molecule has 0 aromatic carbocycles. The Balaban J connectivity index is 0.000000614. The largest absolute Gasteiger partial charge is 0.478 e. The molecule has 0 spiro atoms. The second-order valence-corrected chi connectivity index (χ2v) is 8.43. The van der Waals surface area contributed by atoms with Crippen LogP contribution in [0.2, 0.25) is 0 Å². The van der Waals surface area contributed by atoms with Gasteiger partial charge in [0.1, 0.15) is 5.82 Å². The molecule has 2 aromatic rings. The van der Waals surface area contributed by atoms with E-state index in [-0.39, 0.29) is 0 Å². The van der Waals surface area contributed by atoms with Crippen LogP contribution in [0.3, 0.4) is 0 Å². The number of aliphatic carboxylic acids is 1. The number of carboxylic acid groups (broad SMARTS) is 1. The number of rotatable bonds is 7. The van der Waals surface area contributed by atoms with Crippen molar-refractivity contribution in [3.05, 3.63) is 36.5 Å². The fraction of sp³-hybridized carbons (Fsp3) is 0.522. The smallest absolute Gasteiger partial charge is 0.327 e. The molecule has 3 heterocycles. The van der Waals surface area contributed by atoms with Crippen molar-refractivity contribution < 1.29 is 9.90 Å². The quantitative estimate of drug-likeness (QED) is 0.283. The molecule has 8 heteroatoms. The number of thiocarbonyl (C=S) groups is 1. The number of fused-ring (bicyclic) bond motifs is 1. The van der Waals surface area contributed by atoms with Crippen molar-refractivity contribution in [2.24, 2.45) is 0 Å². The number of H-pyrrole nitrogens is 1. The molecule has 4 N–H and O–H groups in total. The molecule has 0 radical (unpaired) electrons. The van der Waals surface area contributed by atoms with E-state index < -0.39 is 5.97 Å². The molecule has 0 unspecified atom stereocenters. The van der Waals surface area contributed by atoms with E-state index in [0.717, 1.165) is 42.3 Å². The number of hydrogen-bond donors (Lipinski definition) is 4. The van der Waals surface area contributed by atoms with Crippen molar-refractivity contribution in [2.75, 3.05) is 25.0 Å². The van der Waals surface area contributed by atoms with Gasteiger partial charge in [-0.2, -0.15) is 0 Å². The van der Waals surface area contributed by atoms with E-state index in [9.17, 15) is 4.79 Å². The average Bonchev–Trinajstić information content (AvgIpc) is 3.17. The summed E-state index contributed by atoms with van der Waals surface area (Å²) in [6.45, 7) is 12.9. The number of aromatic amines is 1. The second kappa shape index (κ2) is 12.4. The normalized spacial score (nSPS) is 14.7.